The van der Waals surface area contributed by atoms with E-state index < -0.39 is 0 Å². The standard InChI is InChI=1S/C19H24N6O/c1-13-7-8-17-15(11-13)16(23-24(17)2)12-20-19(26)22-18-9-10-21-25(18)14-5-3-4-6-14/h7-11,14H,3-6,12H2,1-2H3,(H2,20,22,26). The molecule has 2 heterocycles. The number of benzene rings is 1. The van der Waals surface area contributed by atoms with Gasteiger partial charge in [-0.15, -0.1) is 0 Å². The highest BCUT2D eigenvalue weighted by atomic mass is 16.2. The highest BCUT2D eigenvalue weighted by molar-refractivity contribution is 5.89. The fourth-order valence-electron chi connectivity index (χ4n) is 3.76. The van der Waals surface area contributed by atoms with Gasteiger partial charge in [0.15, 0.2) is 0 Å². The van der Waals surface area contributed by atoms with Gasteiger partial charge in [-0.25, -0.2) is 9.48 Å². The maximum absolute atomic E-state index is 12.4. The van der Waals surface area contributed by atoms with Gasteiger partial charge in [0.05, 0.1) is 30.0 Å². The van der Waals surface area contributed by atoms with Crippen molar-refractivity contribution in [1.29, 1.82) is 0 Å². The van der Waals surface area contributed by atoms with Crippen molar-refractivity contribution in [2.75, 3.05) is 5.32 Å². The predicted molar refractivity (Wildman–Crippen MR) is 101 cm³/mol. The lowest BCUT2D eigenvalue weighted by molar-refractivity contribution is 0.251. The van der Waals surface area contributed by atoms with Crippen LogP contribution in [0.25, 0.3) is 10.9 Å². The lowest BCUT2D eigenvalue weighted by Crippen LogP contribution is -2.29. The third kappa shape index (κ3) is 3.16. The summed E-state index contributed by atoms with van der Waals surface area (Å²) in [5.74, 6) is 0.746. The quantitative estimate of drug-likeness (QED) is 0.754. The topological polar surface area (TPSA) is 76.8 Å². The van der Waals surface area contributed by atoms with Gasteiger partial charge in [-0.3, -0.25) is 10.00 Å². The molecule has 2 amide bonds. The molecule has 26 heavy (non-hydrogen) atoms. The van der Waals surface area contributed by atoms with E-state index in [2.05, 4.69) is 46.0 Å². The van der Waals surface area contributed by atoms with Crippen LogP contribution in [0.3, 0.4) is 0 Å². The van der Waals surface area contributed by atoms with Crippen molar-refractivity contribution in [3.63, 3.8) is 0 Å². The van der Waals surface area contributed by atoms with E-state index in [0.29, 0.717) is 12.6 Å². The van der Waals surface area contributed by atoms with Gasteiger partial charge in [0.1, 0.15) is 5.82 Å². The zero-order valence-corrected chi connectivity index (χ0v) is 15.2. The number of aryl methyl sites for hydroxylation is 2. The molecule has 0 bridgehead atoms. The fourth-order valence-corrected chi connectivity index (χ4v) is 3.76. The van der Waals surface area contributed by atoms with Crippen molar-refractivity contribution in [3.8, 4) is 0 Å². The molecular weight excluding hydrogens is 328 g/mol. The first-order chi connectivity index (χ1) is 12.6. The molecule has 0 unspecified atom stereocenters. The Morgan fingerprint density at radius 3 is 2.88 bits per heavy atom. The number of carbonyl (C=O) groups excluding carboxylic acids is 1. The normalized spacial score (nSPS) is 14.8. The molecule has 2 N–H and O–H groups in total. The van der Waals surface area contributed by atoms with E-state index in [1.54, 1.807) is 6.20 Å². The maximum atomic E-state index is 12.4. The summed E-state index contributed by atoms with van der Waals surface area (Å²) in [5, 5.41) is 15.8. The Bertz CT molecular complexity index is 935. The molecule has 1 fully saturated rings. The number of hydrogen-bond acceptors (Lipinski definition) is 3. The van der Waals surface area contributed by atoms with Gasteiger partial charge >= 0.3 is 6.03 Å². The van der Waals surface area contributed by atoms with Crippen molar-refractivity contribution in [2.45, 2.75) is 45.2 Å². The molecule has 136 valence electrons. The minimum Gasteiger partial charge on any atom is -0.332 e. The molecule has 0 atom stereocenters. The third-order valence-electron chi connectivity index (χ3n) is 5.08. The second-order valence-corrected chi connectivity index (χ2v) is 7.00. The molecule has 1 aliphatic rings. The van der Waals surface area contributed by atoms with Crippen LogP contribution >= 0.6 is 0 Å². The third-order valence-corrected chi connectivity index (χ3v) is 5.08. The molecule has 1 aromatic carbocycles. The number of amides is 2. The Hall–Kier alpha value is -2.83. The van der Waals surface area contributed by atoms with E-state index in [1.165, 1.54) is 18.4 Å². The van der Waals surface area contributed by atoms with Crippen LogP contribution in [-0.2, 0) is 13.6 Å². The monoisotopic (exact) mass is 352 g/mol. The van der Waals surface area contributed by atoms with Crippen LogP contribution in [0.15, 0.2) is 30.5 Å². The zero-order chi connectivity index (χ0) is 18.1. The Kier molecular flexibility index (Phi) is 4.36. The molecule has 3 aromatic rings. The number of aromatic nitrogens is 4. The number of anilines is 1. The van der Waals surface area contributed by atoms with Crippen molar-refractivity contribution < 1.29 is 4.79 Å². The van der Waals surface area contributed by atoms with E-state index in [1.807, 2.05) is 22.5 Å². The van der Waals surface area contributed by atoms with E-state index in [0.717, 1.165) is 35.3 Å². The first-order valence-electron chi connectivity index (χ1n) is 9.12. The number of carbonyl (C=O) groups is 1. The molecule has 7 nitrogen and oxygen atoms in total. The van der Waals surface area contributed by atoms with Crippen LogP contribution < -0.4 is 10.6 Å². The van der Waals surface area contributed by atoms with Crippen LogP contribution in [0.1, 0.15) is 43.0 Å². The smallest absolute Gasteiger partial charge is 0.320 e. The van der Waals surface area contributed by atoms with Crippen molar-refractivity contribution in [2.24, 2.45) is 7.05 Å². The van der Waals surface area contributed by atoms with Crippen LogP contribution in [0.2, 0.25) is 0 Å². The van der Waals surface area contributed by atoms with Crippen LogP contribution in [0.5, 0.6) is 0 Å². The summed E-state index contributed by atoms with van der Waals surface area (Å²) in [4.78, 5) is 12.4. The second kappa shape index (κ2) is 6.82. The molecule has 1 aliphatic carbocycles. The molecule has 0 radical (unpaired) electrons. The Morgan fingerprint density at radius 1 is 1.27 bits per heavy atom. The Morgan fingerprint density at radius 2 is 2.08 bits per heavy atom. The fraction of sp³-hybridized carbons (Fsp3) is 0.421. The van der Waals surface area contributed by atoms with E-state index in [-0.39, 0.29) is 6.03 Å². The highest BCUT2D eigenvalue weighted by Crippen LogP contribution is 2.31. The van der Waals surface area contributed by atoms with Gasteiger partial charge in [-0.1, -0.05) is 24.5 Å². The molecular formula is C19H24N6O. The highest BCUT2D eigenvalue weighted by Gasteiger charge is 2.20. The van der Waals surface area contributed by atoms with Crippen LogP contribution in [-0.4, -0.2) is 25.6 Å². The Balaban J connectivity index is 1.44. The first-order valence-corrected chi connectivity index (χ1v) is 9.12. The number of hydrogen-bond donors (Lipinski definition) is 2. The Labute approximate surface area is 152 Å². The molecule has 7 heteroatoms. The summed E-state index contributed by atoms with van der Waals surface area (Å²) in [6, 6.07) is 8.22. The van der Waals surface area contributed by atoms with Crippen molar-refractivity contribution in [3.05, 3.63) is 41.7 Å². The molecule has 4 rings (SSSR count). The number of rotatable bonds is 4. The van der Waals surface area contributed by atoms with Gasteiger partial charge < -0.3 is 5.32 Å². The predicted octanol–water partition coefficient (Wildman–Crippen LogP) is 3.52. The molecule has 0 aliphatic heterocycles. The zero-order valence-electron chi connectivity index (χ0n) is 15.2. The summed E-state index contributed by atoms with van der Waals surface area (Å²) < 4.78 is 3.78. The van der Waals surface area contributed by atoms with Crippen LogP contribution in [0.4, 0.5) is 10.6 Å². The molecule has 2 aromatic heterocycles. The average Bonchev–Trinajstić information content (AvgIpc) is 3.34. The largest absolute Gasteiger partial charge is 0.332 e. The summed E-state index contributed by atoms with van der Waals surface area (Å²) in [5.41, 5.74) is 3.11. The first kappa shape index (κ1) is 16.6. The number of nitrogens with zero attached hydrogens (tertiary/aromatic N) is 4. The van der Waals surface area contributed by atoms with Crippen molar-refractivity contribution >= 4 is 22.8 Å². The molecule has 0 spiro atoms. The molecule has 1 saturated carbocycles. The maximum Gasteiger partial charge on any atom is 0.320 e. The lowest BCUT2D eigenvalue weighted by Gasteiger charge is -2.14. The number of fused-ring (bicyclic) bond motifs is 1. The minimum absolute atomic E-state index is 0.240. The van der Waals surface area contributed by atoms with Gasteiger partial charge in [0.2, 0.25) is 0 Å². The number of nitrogens with one attached hydrogen (secondary N) is 2. The van der Waals surface area contributed by atoms with Gasteiger partial charge in [0.25, 0.3) is 0 Å². The summed E-state index contributed by atoms with van der Waals surface area (Å²) in [6.45, 7) is 2.44. The SMILES string of the molecule is Cc1ccc2c(c1)c(CNC(=O)Nc1ccnn1C1CCCC1)nn2C. The lowest BCUT2D eigenvalue weighted by atomic mass is 10.1. The summed E-state index contributed by atoms with van der Waals surface area (Å²) in [7, 11) is 1.92. The van der Waals surface area contributed by atoms with E-state index in [4.69, 9.17) is 0 Å². The van der Waals surface area contributed by atoms with E-state index in [9.17, 15) is 4.79 Å². The molecule has 0 saturated heterocycles. The minimum atomic E-state index is -0.240. The number of urea groups is 1. The summed E-state index contributed by atoms with van der Waals surface area (Å²) in [6.07, 6.45) is 6.43. The second-order valence-electron chi connectivity index (χ2n) is 7.00. The van der Waals surface area contributed by atoms with Crippen molar-refractivity contribution in [1.82, 2.24) is 24.9 Å². The average molecular weight is 352 g/mol. The van der Waals surface area contributed by atoms with Gasteiger partial charge in [0, 0.05) is 18.5 Å². The van der Waals surface area contributed by atoms with Gasteiger partial charge in [-0.05, 0) is 31.9 Å². The van der Waals surface area contributed by atoms with Gasteiger partial charge in [-0.2, -0.15) is 10.2 Å². The van der Waals surface area contributed by atoms with E-state index >= 15 is 0 Å². The van der Waals surface area contributed by atoms with Crippen LogP contribution in [0, 0.1) is 6.92 Å². The summed E-state index contributed by atoms with van der Waals surface area (Å²) >= 11 is 0.